The van der Waals surface area contributed by atoms with Gasteiger partial charge in [0.15, 0.2) is 0 Å². The zero-order chi connectivity index (χ0) is 13.1. The number of nitrogens with zero attached hydrogens (tertiary/aromatic N) is 2. The van der Waals surface area contributed by atoms with Crippen molar-refractivity contribution in [2.45, 2.75) is 19.4 Å². The number of piperidine rings is 1. The van der Waals surface area contributed by atoms with E-state index in [-0.39, 0.29) is 11.5 Å². The molecule has 0 amide bonds. The van der Waals surface area contributed by atoms with E-state index in [0.29, 0.717) is 24.5 Å². The molecule has 0 atom stereocenters. The van der Waals surface area contributed by atoms with Crippen LogP contribution in [-0.2, 0) is 11.3 Å². The minimum atomic E-state index is -0.472. The number of carbonyl (C=O) groups is 1. The summed E-state index contributed by atoms with van der Waals surface area (Å²) in [4.78, 5) is 23.5. The second-order valence-electron chi connectivity index (χ2n) is 4.39. The fraction of sp³-hybridized carbons (Fsp3) is 0.417. The molecule has 1 saturated heterocycles. The first-order chi connectivity index (χ1) is 8.56. The number of halogens is 1. The van der Waals surface area contributed by atoms with Gasteiger partial charge < -0.3 is 0 Å². The van der Waals surface area contributed by atoms with Crippen LogP contribution in [0.3, 0.4) is 0 Å². The molecule has 1 fully saturated rings. The summed E-state index contributed by atoms with van der Waals surface area (Å²) < 4.78 is 0. The van der Waals surface area contributed by atoms with Crippen LogP contribution >= 0.6 is 11.6 Å². The largest absolute Gasteiger partial charge is 0.298 e. The lowest BCUT2D eigenvalue weighted by Gasteiger charge is -2.25. The lowest BCUT2D eigenvalue weighted by Crippen LogP contribution is -2.35. The average Bonchev–Trinajstić information content (AvgIpc) is 2.31. The maximum absolute atomic E-state index is 11.3. The van der Waals surface area contributed by atoms with Crippen LogP contribution in [0.4, 0.5) is 5.69 Å². The van der Waals surface area contributed by atoms with E-state index >= 15 is 0 Å². The Bertz CT molecular complexity index is 490. The molecule has 96 valence electrons. The molecule has 0 unspecified atom stereocenters. The Kier molecular flexibility index (Phi) is 3.93. The number of non-ortho nitro benzene ring substituents is 1. The fourth-order valence-corrected chi connectivity index (χ4v) is 2.30. The van der Waals surface area contributed by atoms with E-state index in [1.54, 1.807) is 6.07 Å². The van der Waals surface area contributed by atoms with Gasteiger partial charge in [0.25, 0.3) is 5.69 Å². The highest BCUT2D eigenvalue weighted by atomic mass is 35.5. The second-order valence-corrected chi connectivity index (χ2v) is 4.79. The Morgan fingerprint density at radius 2 is 2.22 bits per heavy atom. The van der Waals surface area contributed by atoms with Gasteiger partial charge in [-0.1, -0.05) is 11.6 Å². The highest BCUT2D eigenvalue weighted by Crippen LogP contribution is 2.24. The third-order valence-electron chi connectivity index (χ3n) is 2.97. The summed E-state index contributed by atoms with van der Waals surface area (Å²) in [6.07, 6.45) is 1.51. The van der Waals surface area contributed by atoms with Gasteiger partial charge in [0.1, 0.15) is 5.78 Å². The molecule has 1 aliphatic rings. The Morgan fingerprint density at radius 1 is 1.44 bits per heavy atom. The first kappa shape index (κ1) is 13.0. The van der Waals surface area contributed by atoms with E-state index in [1.807, 2.05) is 4.90 Å². The number of rotatable bonds is 3. The molecule has 5 nitrogen and oxygen atoms in total. The van der Waals surface area contributed by atoms with Gasteiger partial charge in [-0.15, -0.1) is 0 Å². The Balaban J connectivity index is 2.09. The molecule has 2 rings (SSSR count). The summed E-state index contributed by atoms with van der Waals surface area (Å²) in [5, 5.41) is 11.0. The van der Waals surface area contributed by atoms with Crippen LogP contribution in [0.25, 0.3) is 0 Å². The van der Waals surface area contributed by atoms with Crippen LogP contribution in [0.15, 0.2) is 18.2 Å². The molecular formula is C12H13ClN2O3. The molecule has 6 heteroatoms. The highest BCUT2D eigenvalue weighted by Gasteiger charge is 2.18. The van der Waals surface area contributed by atoms with Crippen molar-refractivity contribution in [1.29, 1.82) is 0 Å². The van der Waals surface area contributed by atoms with Gasteiger partial charge in [-0.25, -0.2) is 0 Å². The normalized spacial score (nSPS) is 16.8. The number of benzene rings is 1. The van der Waals surface area contributed by atoms with E-state index < -0.39 is 4.92 Å². The van der Waals surface area contributed by atoms with Crippen molar-refractivity contribution in [2.24, 2.45) is 0 Å². The number of likely N-dealkylation sites (tertiary alicyclic amines) is 1. The lowest BCUT2D eigenvalue weighted by atomic mass is 10.1. The number of hydrogen-bond acceptors (Lipinski definition) is 4. The minimum Gasteiger partial charge on any atom is -0.298 e. The molecule has 0 radical (unpaired) electrons. The summed E-state index contributed by atoms with van der Waals surface area (Å²) in [7, 11) is 0. The number of nitro groups is 1. The zero-order valence-corrected chi connectivity index (χ0v) is 10.5. The molecule has 0 aliphatic carbocycles. The molecular weight excluding hydrogens is 256 g/mol. The molecule has 0 aromatic heterocycles. The third kappa shape index (κ3) is 3.05. The lowest BCUT2D eigenvalue weighted by molar-refractivity contribution is -0.384. The average molecular weight is 269 g/mol. The van der Waals surface area contributed by atoms with E-state index in [0.717, 1.165) is 18.5 Å². The van der Waals surface area contributed by atoms with E-state index in [4.69, 9.17) is 11.6 Å². The number of ketones is 1. The van der Waals surface area contributed by atoms with E-state index in [2.05, 4.69) is 0 Å². The van der Waals surface area contributed by atoms with Crippen LogP contribution in [0, 0.1) is 10.1 Å². The minimum absolute atomic E-state index is 0.0153. The molecule has 0 bridgehead atoms. The van der Waals surface area contributed by atoms with Crippen molar-refractivity contribution in [2.75, 3.05) is 13.1 Å². The molecule has 1 aliphatic heterocycles. The van der Waals surface area contributed by atoms with Crippen LogP contribution in [-0.4, -0.2) is 28.7 Å². The van der Waals surface area contributed by atoms with Gasteiger partial charge in [-0.05, 0) is 24.6 Å². The standard InChI is InChI=1S/C12H13ClN2O3/c13-12-6-10(15(17)18)4-3-9(12)7-14-5-1-2-11(16)8-14/h3-4,6H,1-2,5,7-8H2. The first-order valence-electron chi connectivity index (χ1n) is 5.73. The van der Waals surface area contributed by atoms with Crippen LogP contribution in [0.1, 0.15) is 18.4 Å². The highest BCUT2D eigenvalue weighted by molar-refractivity contribution is 6.31. The van der Waals surface area contributed by atoms with Crippen molar-refractivity contribution < 1.29 is 9.72 Å². The fourth-order valence-electron chi connectivity index (χ4n) is 2.06. The van der Waals surface area contributed by atoms with Crippen molar-refractivity contribution >= 4 is 23.1 Å². The summed E-state index contributed by atoms with van der Waals surface area (Å²) in [5.74, 6) is 0.235. The maximum Gasteiger partial charge on any atom is 0.270 e. The topological polar surface area (TPSA) is 63.5 Å². The van der Waals surface area contributed by atoms with Crippen molar-refractivity contribution in [3.8, 4) is 0 Å². The van der Waals surface area contributed by atoms with E-state index in [9.17, 15) is 14.9 Å². The van der Waals surface area contributed by atoms with Gasteiger partial charge in [0, 0.05) is 25.1 Å². The molecule has 1 heterocycles. The summed E-state index contributed by atoms with van der Waals surface area (Å²) in [6, 6.07) is 4.44. The third-order valence-corrected chi connectivity index (χ3v) is 3.32. The monoisotopic (exact) mass is 268 g/mol. The van der Waals surface area contributed by atoms with Crippen LogP contribution in [0.5, 0.6) is 0 Å². The van der Waals surface area contributed by atoms with Crippen molar-refractivity contribution in [3.05, 3.63) is 38.9 Å². The molecule has 18 heavy (non-hydrogen) atoms. The summed E-state index contributed by atoms with van der Waals surface area (Å²) in [6.45, 7) is 1.86. The molecule has 1 aromatic rings. The quantitative estimate of drug-likeness (QED) is 0.624. The van der Waals surface area contributed by atoms with Gasteiger partial charge in [-0.3, -0.25) is 19.8 Å². The summed E-state index contributed by atoms with van der Waals surface area (Å²) >= 11 is 6.01. The molecule has 0 N–H and O–H groups in total. The van der Waals surface area contributed by atoms with Crippen LogP contribution < -0.4 is 0 Å². The Hall–Kier alpha value is -1.46. The number of hydrogen-bond donors (Lipinski definition) is 0. The van der Waals surface area contributed by atoms with Gasteiger partial charge in [0.05, 0.1) is 16.5 Å². The SMILES string of the molecule is O=C1CCCN(Cc2ccc([N+](=O)[O-])cc2Cl)C1. The maximum atomic E-state index is 11.3. The summed E-state index contributed by atoms with van der Waals surface area (Å²) in [5.41, 5.74) is 0.801. The predicted octanol–water partition coefficient (Wildman–Crippen LogP) is 2.41. The van der Waals surface area contributed by atoms with Crippen LogP contribution in [0.2, 0.25) is 5.02 Å². The number of Topliss-reactive ketones (excluding diaryl/α,β-unsaturated/α-hetero) is 1. The van der Waals surface area contributed by atoms with Crippen molar-refractivity contribution in [1.82, 2.24) is 4.90 Å². The van der Waals surface area contributed by atoms with Gasteiger partial charge in [-0.2, -0.15) is 0 Å². The molecule has 1 aromatic carbocycles. The van der Waals surface area contributed by atoms with Gasteiger partial charge >= 0.3 is 0 Å². The second kappa shape index (κ2) is 5.46. The number of nitro benzene ring substituents is 1. The number of carbonyl (C=O) groups excluding carboxylic acids is 1. The first-order valence-corrected chi connectivity index (χ1v) is 6.11. The molecule has 0 saturated carbocycles. The smallest absolute Gasteiger partial charge is 0.270 e. The molecule has 0 spiro atoms. The van der Waals surface area contributed by atoms with E-state index in [1.165, 1.54) is 12.1 Å². The predicted molar refractivity (Wildman–Crippen MR) is 67.6 cm³/mol. The van der Waals surface area contributed by atoms with Gasteiger partial charge in [0.2, 0.25) is 0 Å². The zero-order valence-electron chi connectivity index (χ0n) is 9.76. The Morgan fingerprint density at radius 3 is 2.83 bits per heavy atom. The van der Waals surface area contributed by atoms with Crippen molar-refractivity contribution in [3.63, 3.8) is 0 Å². The Labute approximate surface area is 109 Å².